The van der Waals surface area contributed by atoms with Crippen molar-refractivity contribution in [2.24, 2.45) is 0 Å². The predicted octanol–water partition coefficient (Wildman–Crippen LogP) is 5.09. The van der Waals surface area contributed by atoms with Gasteiger partial charge >= 0.3 is 0 Å². The minimum Gasteiger partial charge on any atom is -0.487 e. The van der Waals surface area contributed by atoms with E-state index in [9.17, 15) is 9.59 Å². The Morgan fingerprint density at radius 1 is 1.06 bits per heavy atom. The highest BCUT2D eigenvalue weighted by molar-refractivity contribution is 6.05. The Balaban J connectivity index is 1.63. The summed E-state index contributed by atoms with van der Waals surface area (Å²) in [7, 11) is 0. The van der Waals surface area contributed by atoms with Crippen molar-refractivity contribution in [2.45, 2.75) is 45.8 Å². The van der Waals surface area contributed by atoms with Gasteiger partial charge in [-0.3, -0.25) is 9.59 Å². The van der Waals surface area contributed by atoms with E-state index in [1.165, 1.54) is 12.3 Å². The Bertz CT molecular complexity index is 1210. The molecule has 1 unspecified atom stereocenters. The van der Waals surface area contributed by atoms with Gasteiger partial charge in [0.05, 0.1) is 12.3 Å². The van der Waals surface area contributed by atoms with Crippen LogP contribution in [0.4, 0.5) is 0 Å². The lowest BCUT2D eigenvalue weighted by Crippen LogP contribution is -2.43. The molecule has 6 nitrogen and oxygen atoms in total. The number of rotatable bonds is 5. The van der Waals surface area contributed by atoms with E-state index in [-0.39, 0.29) is 17.6 Å². The Labute approximate surface area is 193 Å². The largest absolute Gasteiger partial charge is 0.487 e. The maximum atomic E-state index is 13.4. The summed E-state index contributed by atoms with van der Waals surface area (Å²) in [6, 6.07) is 16.4. The van der Waals surface area contributed by atoms with Crippen LogP contribution in [-0.2, 0) is 4.79 Å². The molecule has 170 valence electrons. The Morgan fingerprint density at radius 2 is 1.85 bits per heavy atom. The first-order valence-corrected chi connectivity index (χ1v) is 10.9. The molecular weight excluding hydrogens is 416 g/mol. The lowest BCUT2D eigenvalue weighted by Gasteiger charge is -2.38. The molecule has 0 fully saturated rings. The first-order valence-electron chi connectivity index (χ1n) is 10.9. The highest BCUT2D eigenvalue weighted by atomic mass is 16.5. The summed E-state index contributed by atoms with van der Waals surface area (Å²) in [5.41, 5.74) is 2.99. The zero-order valence-electron chi connectivity index (χ0n) is 19.3. The van der Waals surface area contributed by atoms with Crippen LogP contribution >= 0.6 is 0 Å². The van der Waals surface area contributed by atoms with Gasteiger partial charge in [0, 0.05) is 23.6 Å². The molecule has 0 saturated carbocycles. The van der Waals surface area contributed by atoms with E-state index in [1.807, 2.05) is 58.0 Å². The highest BCUT2D eigenvalue weighted by Gasteiger charge is 2.35. The van der Waals surface area contributed by atoms with Crippen LogP contribution in [0.25, 0.3) is 6.08 Å². The summed E-state index contributed by atoms with van der Waals surface area (Å²) in [6.45, 7) is 7.85. The van der Waals surface area contributed by atoms with Crippen molar-refractivity contribution in [3.63, 3.8) is 0 Å². The molecule has 3 aromatic rings. The van der Waals surface area contributed by atoms with Crippen LogP contribution < -0.4 is 15.4 Å². The number of hydrogen-bond donors (Lipinski definition) is 2. The highest BCUT2D eigenvalue weighted by Crippen LogP contribution is 2.40. The van der Waals surface area contributed by atoms with E-state index in [1.54, 1.807) is 24.3 Å². The van der Waals surface area contributed by atoms with Crippen LogP contribution in [0.5, 0.6) is 5.75 Å². The molecular formula is C27H28N2O4. The quantitative estimate of drug-likeness (QED) is 0.538. The summed E-state index contributed by atoms with van der Waals surface area (Å²) < 4.78 is 11.5. The SMILES string of the molecule is Cc1ccc2c(c1)C(NC(=O)/C(=C/c1ccco1)NC(=O)c1ccccc1C)CC(C)(C)O2. The number of carbonyl (C=O) groups is 2. The van der Waals surface area contributed by atoms with Gasteiger partial charge in [-0.2, -0.15) is 0 Å². The van der Waals surface area contributed by atoms with Gasteiger partial charge in [0.15, 0.2) is 0 Å². The Morgan fingerprint density at radius 3 is 2.58 bits per heavy atom. The van der Waals surface area contributed by atoms with Crippen molar-refractivity contribution < 1.29 is 18.7 Å². The summed E-state index contributed by atoms with van der Waals surface area (Å²) in [4.78, 5) is 26.4. The molecule has 4 rings (SSSR count). The molecule has 0 radical (unpaired) electrons. The van der Waals surface area contributed by atoms with Gasteiger partial charge in [-0.15, -0.1) is 0 Å². The minimum atomic E-state index is -0.449. The third-order valence-electron chi connectivity index (χ3n) is 5.64. The second-order valence-electron chi connectivity index (χ2n) is 8.98. The van der Waals surface area contributed by atoms with Crippen LogP contribution in [0.3, 0.4) is 0 Å². The second-order valence-corrected chi connectivity index (χ2v) is 8.98. The molecule has 1 aliphatic rings. The number of benzene rings is 2. The molecule has 6 heteroatoms. The number of carbonyl (C=O) groups excluding carboxylic acids is 2. The van der Waals surface area contributed by atoms with Crippen LogP contribution in [-0.4, -0.2) is 17.4 Å². The Hall–Kier alpha value is -3.80. The molecule has 1 aliphatic heterocycles. The third-order valence-corrected chi connectivity index (χ3v) is 5.64. The zero-order chi connectivity index (χ0) is 23.6. The van der Waals surface area contributed by atoms with Gasteiger partial charge in [-0.1, -0.05) is 35.9 Å². The Kier molecular flexibility index (Phi) is 6.09. The normalized spacial score (nSPS) is 17.0. The first-order chi connectivity index (χ1) is 15.7. The number of nitrogens with one attached hydrogen (secondary N) is 2. The minimum absolute atomic E-state index is 0.108. The van der Waals surface area contributed by atoms with Crippen molar-refractivity contribution in [1.29, 1.82) is 0 Å². The van der Waals surface area contributed by atoms with Crippen LogP contribution in [0.15, 0.2) is 71.0 Å². The van der Waals surface area contributed by atoms with Crippen LogP contribution in [0, 0.1) is 13.8 Å². The van der Waals surface area contributed by atoms with Gasteiger partial charge in [0.2, 0.25) is 0 Å². The number of hydrogen-bond acceptors (Lipinski definition) is 4. The fourth-order valence-corrected chi connectivity index (χ4v) is 4.03. The summed E-state index contributed by atoms with van der Waals surface area (Å²) in [6.07, 6.45) is 3.65. The third kappa shape index (κ3) is 5.17. The van der Waals surface area contributed by atoms with Crippen molar-refractivity contribution in [2.75, 3.05) is 0 Å². The van der Waals surface area contributed by atoms with E-state index in [0.717, 1.165) is 22.4 Å². The molecule has 2 aromatic carbocycles. The van der Waals surface area contributed by atoms with Gasteiger partial charge in [-0.25, -0.2) is 0 Å². The number of fused-ring (bicyclic) bond motifs is 1. The lowest BCUT2D eigenvalue weighted by atomic mass is 9.89. The molecule has 0 bridgehead atoms. The molecule has 2 N–H and O–H groups in total. The van der Waals surface area contributed by atoms with Crippen LogP contribution in [0.2, 0.25) is 0 Å². The number of amides is 2. The summed E-state index contributed by atoms with van der Waals surface area (Å²) in [5, 5.41) is 5.88. The van der Waals surface area contributed by atoms with Crippen molar-refractivity contribution >= 4 is 17.9 Å². The standard InChI is InChI=1S/C27H28N2O4/c1-17-11-12-24-21(14-17)23(16-27(3,4)33-24)29-26(31)22(15-19-9-7-13-32-19)28-25(30)20-10-6-5-8-18(20)2/h5-15,23H,16H2,1-4H3,(H,28,30)(H,29,31)/b22-15-. The van der Waals surface area contributed by atoms with E-state index < -0.39 is 11.5 Å². The van der Waals surface area contributed by atoms with Gasteiger partial charge in [0.1, 0.15) is 22.8 Å². The van der Waals surface area contributed by atoms with Crippen LogP contribution in [0.1, 0.15) is 59.1 Å². The number of aryl methyl sites for hydroxylation is 2. The molecule has 2 amide bonds. The predicted molar refractivity (Wildman–Crippen MR) is 127 cm³/mol. The molecule has 2 heterocycles. The molecule has 33 heavy (non-hydrogen) atoms. The average Bonchev–Trinajstić information content (AvgIpc) is 3.26. The maximum absolute atomic E-state index is 13.4. The maximum Gasteiger partial charge on any atom is 0.268 e. The fourth-order valence-electron chi connectivity index (χ4n) is 4.03. The smallest absolute Gasteiger partial charge is 0.268 e. The summed E-state index contributed by atoms with van der Waals surface area (Å²) >= 11 is 0. The van der Waals surface area contributed by atoms with E-state index in [4.69, 9.17) is 9.15 Å². The van der Waals surface area contributed by atoms with E-state index in [2.05, 4.69) is 10.6 Å². The van der Waals surface area contributed by atoms with Crippen molar-refractivity contribution in [1.82, 2.24) is 10.6 Å². The van der Waals surface area contributed by atoms with Crippen molar-refractivity contribution in [3.8, 4) is 5.75 Å². The monoisotopic (exact) mass is 444 g/mol. The van der Waals surface area contributed by atoms with E-state index in [0.29, 0.717) is 17.7 Å². The molecule has 0 saturated heterocycles. The topological polar surface area (TPSA) is 80.6 Å². The summed E-state index contributed by atoms with van der Waals surface area (Å²) in [5.74, 6) is 0.463. The van der Waals surface area contributed by atoms with Crippen molar-refractivity contribution in [3.05, 3.63) is 94.6 Å². The van der Waals surface area contributed by atoms with Gasteiger partial charge < -0.3 is 19.8 Å². The molecule has 0 aliphatic carbocycles. The molecule has 0 spiro atoms. The first kappa shape index (κ1) is 22.4. The zero-order valence-corrected chi connectivity index (χ0v) is 19.3. The lowest BCUT2D eigenvalue weighted by molar-refractivity contribution is -0.119. The number of ether oxygens (including phenoxy) is 1. The molecule has 1 atom stereocenters. The number of furan rings is 1. The molecule has 1 aromatic heterocycles. The average molecular weight is 445 g/mol. The second kappa shape index (κ2) is 8.98. The van der Waals surface area contributed by atoms with E-state index >= 15 is 0 Å². The fraction of sp³-hybridized carbons (Fsp3) is 0.259. The van der Waals surface area contributed by atoms with Gasteiger partial charge in [0.25, 0.3) is 11.8 Å². The van der Waals surface area contributed by atoms with Gasteiger partial charge in [-0.05, 0) is 57.5 Å².